The fraction of sp³-hybridized carbons (Fsp3) is 0.647. The van der Waals surface area contributed by atoms with Crippen molar-refractivity contribution in [2.45, 2.75) is 65.4 Å². The molecule has 1 atom stereocenters. The Morgan fingerprint density at radius 2 is 1.72 bits per heavy atom. The summed E-state index contributed by atoms with van der Waals surface area (Å²) in [7, 11) is 0. The van der Waals surface area contributed by atoms with Crippen LogP contribution in [0.4, 0.5) is 0 Å². The Bertz CT molecular complexity index is 404. The maximum Gasteiger partial charge on any atom is 0.0662 e. The van der Waals surface area contributed by atoms with E-state index in [-0.39, 0.29) is 0 Å². The Balaban J connectivity index is 2.12. The average molecular weight is 246 g/mol. The molecule has 0 amide bonds. The highest BCUT2D eigenvalue weighted by Gasteiger charge is 2.29. The Kier molecular flexibility index (Phi) is 3.82. The SMILES string of the molecule is Cc1cc(C)c(CC(C)(O)CC2CCC2)c(C)c1. The molecule has 1 aromatic rings. The van der Waals surface area contributed by atoms with Crippen LogP contribution in [-0.4, -0.2) is 10.7 Å². The van der Waals surface area contributed by atoms with Crippen molar-refractivity contribution in [3.63, 3.8) is 0 Å². The predicted octanol–water partition coefficient (Wildman–Crippen LogP) is 4.10. The van der Waals surface area contributed by atoms with Gasteiger partial charge < -0.3 is 5.11 Å². The Morgan fingerprint density at radius 1 is 1.17 bits per heavy atom. The molecule has 0 aromatic heterocycles. The van der Waals surface area contributed by atoms with Crippen molar-refractivity contribution < 1.29 is 5.11 Å². The number of hydrogen-bond acceptors (Lipinski definition) is 1. The topological polar surface area (TPSA) is 20.2 Å². The van der Waals surface area contributed by atoms with Crippen molar-refractivity contribution in [3.8, 4) is 0 Å². The van der Waals surface area contributed by atoms with Crippen LogP contribution < -0.4 is 0 Å². The van der Waals surface area contributed by atoms with E-state index < -0.39 is 5.60 Å². The second-order valence-corrected chi connectivity index (χ2v) is 6.55. The van der Waals surface area contributed by atoms with Crippen LogP contribution in [0, 0.1) is 26.7 Å². The molecule has 18 heavy (non-hydrogen) atoms. The summed E-state index contributed by atoms with van der Waals surface area (Å²) in [4.78, 5) is 0. The highest BCUT2D eigenvalue weighted by Crippen LogP contribution is 2.35. The largest absolute Gasteiger partial charge is 0.390 e. The molecule has 1 heteroatoms. The zero-order valence-electron chi connectivity index (χ0n) is 12.2. The van der Waals surface area contributed by atoms with Crippen molar-refractivity contribution in [2.24, 2.45) is 5.92 Å². The van der Waals surface area contributed by atoms with E-state index in [1.165, 1.54) is 41.5 Å². The van der Waals surface area contributed by atoms with E-state index in [1.807, 2.05) is 6.92 Å². The summed E-state index contributed by atoms with van der Waals surface area (Å²) < 4.78 is 0. The van der Waals surface area contributed by atoms with E-state index in [9.17, 15) is 5.11 Å². The minimum Gasteiger partial charge on any atom is -0.390 e. The second-order valence-electron chi connectivity index (χ2n) is 6.55. The summed E-state index contributed by atoms with van der Waals surface area (Å²) in [6.45, 7) is 8.46. The summed E-state index contributed by atoms with van der Waals surface area (Å²) in [5.74, 6) is 0.756. The van der Waals surface area contributed by atoms with Crippen LogP contribution >= 0.6 is 0 Å². The van der Waals surface area contributed by atoms with Gasteiger partial charge in [-0.05, 0) is 56.7 Å². The fourth-order valence-corrected chi connectivity index (χ4v) is 3.26. The Labute approximate surface area is 111 Å². The quantitative estimate of drug-likeness (QED) is 0.848. The van der Waals surface area contributed by atoms with Gasteiger partial charge in [0.05, 0.1) is 5.60 Å². The predicted molar refractivity (Wildman–Crippen MR) is 76.9 cm³/mol. The lowest BCUT2D eigenvalue weighted by atomic mass is 9.75. The molecular formula is C17H26O. The van der Waals surface area contributed by atoms with Gasteiger partial charge in [0, 0.05) is 6.42 Å². The Hall–Kier alpha value is -0.820. The van der Waals surface area contributed by atoms with E-state index >= 15 is 0 Å². The third-order valence-electron chi connectivity index (χ3n) is 4.35. The monoisotopic (exact) mass is 246 g/mol. The number of rotatable bonds is 4. The highest BCUT2D eigenvalue weighted by molar-refractivity contribution is 5.38. The van der Waals surface area contributed by atoms with Crippen LogP contribution in [0.5, 0.6) is 0 Å². The smallest absolute Gasteiger partial charge is 0.0662 e. The number of aryl methyl sites for hydroxylation is 3. The molecule has 1 nitrogen and oxygen atoms in total. The van der Waals surface area contributed by atoms with Gasteiger partial charge in [-0.1, -0.05) is 37.0 Å². The van der Waals surface area contributed by atoms with Crippen molar-refractivity contribution in [2.75, 3.05) is 0 Å². The van der Waals surface area contributed by atoms with Crippen LogP contribution in [0.25, 0.3) is 0 Å². The molecule has 0 aliphatic heterocycles. The van der Waals surface area contributed by atoms with Gasteiger partial charge in [-0.15, -0.1) is 0 Å². The molecule has 100 valence electrons. The van der Waals surface area contributed by atoms with Crippen molar-refractivity contribution in [3.05, 3.63) is 34.4 Å². The van der Waals surface area contributed by atoms with Crippen LogP contribution in [0.2, 0.25) is 0 Å². The lowest BCUT2D eigenvalue weighted by molar-refractivity contribution is 0.0201. The second kappa shape index (κ2) is 5.05. The van der Waals surface area contributed by atoms with Gasteiger partial charge in [-0.25, -0.2) is 0 Å². The summed E-state index contributed by atoms with van der Waals surface area (Å²) in [6.07, 6.45) is 5.72. The van der Waals surface area contributed by atoms with Gasteiger partial charge in [0.2, 0.25) is 0 Å². The van der Waals surface area contributed by atoms with Crippen molar-refractivity contribution >= 4 is 0 Å². The van der Waals surface area contributed by atoms with Gasteiger partial charge in [0.1, 0.15) is 0 Å². The van der Waals surface area contributed by atoms with Crippen LogP contribution in [0.1, 0.15) is 54.9 Å². The first-order chi connectivity index (χ1) is 8.37. The number of hydrogen-bond donors (Lipinski definition) is 1. The van der Waals surface area contributed by atoms with E-state index in [0.29, 0.717) is 0 Å². The minimum atomic E-state index is -0.546. The zero-order chi connectivity index (χ0) is 13.3. The molecule has 0 heterocycles. The van der Waals surface area contributed by atoms with Gasteiger partial charge in [0.25, 0.3) is 0 Å². The molecule has 0 spiro atoms. The van der Waals surface area contributed by atoms with Gasteiger partial charge in [-0.3, -0.25) is 0 Å². The van der Waals surface area contributed by atoms with Crippen molar-refractivity contribution in [1.29, 1.82) is 0 Å². The standard InChI is InChI=1S/C17H26O/c1-12-8-13(2)16(14(3)9-12)11-17(4,18)10-15-6-5-7-15/h8-9,15,18H,5-7,10-11H2,1-4H3. The summed E-state index contributed by atoms with van der Waals surface area (Å²) in [6, 6.07) is 4.45. The first kappa shape index (κ1) is 13.6. The number of benzene rings is 1. The van der Waals surface area contributed by atoms with Crippen molar-refractivity contribution in [1.82, 2.24) is 0 Å². The minimum absolute atomic E-state index is 0.546. The molecule has 1 saturated carbocycles. The molecule has 2 rings (SSSR count). The van der Waals surface area contributed by atoms with Crippen LogP contribution in [0.15, 0.2) is 12.1 Å². The molecule has 0 bridgehead atoms. The van der Waals surface area contributed by atoms with E-state index in [2.05, 4.69) is 32.9 Å². The normalized spacial score (nSPS) is 19.4. The summed E-state index contributed by atoms with van der Waals surface area (Å²) in [5.41, 5.74) is 4.75. The van der Waals surface area contributed by atoms with Gasteiger partial charge >= 0.3 is 0 Å². The van der Waals surface area contributed by atoms with Crippen LogP contribution in [0.3, 0.4) is 0 Å². The molecule has 0 saturated heterocycles. The molecule has 1 N–H and O–H groups in total. The van der Waals surface area contributed by atoms with E-state index in [4.69, 9.17) is 0 Å². The molecule has 1 aromatic carbocycles. The first-order valence-electron chi connectivity index (χ1n) is 7.16. The first-order valence-corrected chi connectivity index (χ1v) is 7.16. The average Bonchev–Trinajstić information content (AvgIpc) is 2.18. The summed E-state index contributed by atoms with van der Waals surface area (Å²) in [5, 5.41) is 10.6. The summed E-state index contributed by atoms with van der Waals surface area (Å²) >= 11 is 0. The molecular weight excluding hydrogens is 220 g/mol. The fourth-order valence-electron chi connectivity index (χ4n) is 3.26. The maximum atomic E-state index is 10.6. The highest BCUT2D eigenvalue weighted by atomic mass is 16.3. The van der Waals surface area contributed by atoms with E-state index in [1.54, 1.807) is 0 Å². The third kappa shape index (κ3) is 3.14. The molecule has 1 fully saturated rings. The lowest BCUT2D eigenvalue weighted by Gasteiger charge is -2.34. The third-order valence-corrected chi connectivity index (χ3v) is 4.35. The van der Waals surface area contributed by atoms with Gasteiger partial charge in [-0.2, -0.15) is 0 Å². The molecule has 1 aliphatic rings. The molecule has 1 unspecified atom stereocenters. The van der Waals surface area contributed by atoms with Gasteiger partial charge in [0.15, 0.2) is 0 Å². The number of aliphatic hydroxyl groups is 1. The van der Waals surface area contributed by atoms with Crippen LogP contribution in [-0.2, 0) is 6.42 Å². The lowest BCUT2D eigenvalue weighted by Crippen LogP contribution is -2.33. The maximum absolute atomic E-state index is 10.6. The molecule has 1 aliphatic carbocycles. The molecule has 0 radical (unpaired) electrons. The Morgan fingerprint density at radius 3 is 2.17 bits per heavy atom. The van der Waals surface area contributed by atoms with E-state index in [0.717, 1.165) is 18.8 Å². The zero-order valence-corrected chi connectivity index (χ0v) is 12.2.